The first-order valence-corrected chi connectivity index (χ1v) is 6.64. The van der Waals surface area contributed by atoms with E-state index in [0.29, 0.717) is 6.54 Å². The van der Waals surface area contributed by atoms with E-state index in [-0.39, 0.29) is 6.04 Å². The maximum Gasteiger partial charge on any atom is 0.133 e. The Morgan fingerprint density at radius 1 is 1.26 bits per heavy atom. The standard InChI is InChI=1S/C15H18ClN3/c1-11(13-7-3-4-8-14(13)16)19(2)15-12(10-17)6-5-9-18-15/h3-9,11H,10,17H2,1-2H3. The van der Waals surface area contributed by atoms with Crippen molar-refractivity contribution in [1.82, 2.24) is 4.98 Å². The molecule has 1 heterocycles. The first-order chi connectivity index (χ1) is 9.15. The van der Waals surface area contributed by atoms with Crippen LogP contribution in [0.25, 0.3) is 0 Å². The molecular formula is C15H18ClN3. The van der Waals surface area contributed by atoms with Gasteiger partial charge in [0.2, 0.25) is 0 Å². The number of anilines is 1. The zero-order valence-corrected chi connectivity index (χ0v) is 11.9. The van der Waals surface area contributed by atoms with Gasteiger partial charge in [0.25, 0.3) is 0 Å². The molecule has 0 aliphatic carbocycles. The van der Waals surface area contributed by atoms with E-state index in [1.165, 1.54) is 0 Å². The topological polar surface area (TPSA) is 42.2 Å². The number of aromatic nitrogens is 1. The smallest absolute Gasteiger partial charge is 0.133 e. The summed E-state index contributed by atoms with van der Waals surface area (Å²) in [6.45, 7) is 2.58. The maximum atomic E-state index is 6.25. The van der Waals surface area contributed by atoms with Crippen molar-refractivity contribution in [2.24, 2.45) is 5.73 Å². The molecule has 0 saturated carbocycles. The Balaban J connectivity index is 2.34. The zero-order valence-electron chi connectivity index (χ0n) is 11.2. The van der Waals surface area contributed by atoms with E-state index >= 15 is 0 Å². The van der Waals surface area contributed by atoms with Crippen molar-refractivity contribution >= 4 is 17.4 Å². The van der Waals surface area contributed by atoms with Gasteiger partial charge in [0, 0.05) is 30.4 Å². The van der Waals surface area contributed by atoms with Crippen molar-refractivity contribution < 1.29 is 0 Å². The second-order valence-corrected chi connectivity index (χ2v) is 4.91. The lowest BCUT2D eigenvalue weighted by atomic mass is 10.1. The maximum absolute atomic E-state index is 6.25. The number of rotatable bonds is 4. The molecule has 1 aromatic carbocycles. The molecule has 0 fully saturated rings. The Labute approximate surface area is 119 Å². The minimum absolute atomic E-state index is 0.133. The third-order valence-corrected chi connectivity index (χ3v) is 3.70. The van der Waals surface area contributed by atoms with Gasteiger partial charge in [-0.2, -0.15) is 0 Å². The van der Waals surface area contributed by atoms with Crippen molar-refractivity contribution in [1.29, 1.82) is 0 Å². The van der Waals surface area contributed by atoms with E-state index in [0.717, 1.165) is 22.0 Å². The van der Waals surface area contributed by atoms with Crippen LogP contribution in [0.15, 0.2) is 42.6 Å². The molecule has 3 nitrogen and oxygen atoms in total. The number of nitrogens with two attached hydrogens (primary N) is 1. The van der Waals surface area contributed by atoms with Gasteiger partial charge in [0.05, 0.1) is 6.04 Å². The summed E-state index contributed by atoms with van der Waals surface area (Å²) >= 11 is 6.25. The Hall–Kier alpha value is -1.58. The van der Waals surface area contributed by atoms with Crippen LogP contribution in [0.1, 0.15) is 24.1 Å². The molecule has 2 N–H and O–H groups in total. The molecule has 1 unspecified atom stereocenters. The van der Waals surface area contributed by atoms with Crippen LogP contribution in [-0.4, -0.2) is 12.0 Å². The number of benzene rings is 1. The number of nitrogens with zero attached hydrogens (tertiary/aromatic N) is 2. The number of pyridine rings is 1. The van der Waals surface area contributed by atoms with Crippen LogP contribution in [0.2, 0.25) is 5.02 Å². The molecule has 19 heavy (non-hydrogen) atoms. The molecule has 0 aliphatic rings. The van der Waals surface area contributed by atoms with Crippen molar-refractivity contribution in [2.75, 3.05) is 11.9 Å². The molecule has 0 spiro atoms. The SMILES string of the molecule is CC(c1ccccc1Cl)N(C)c1ncccc1CN. The van der Waals surface area contributed by atoms with E-state index in [4.69, 9.17) is 17.3 Å². The Morgan fingerprint density at radius 3 is 2.68 bits per heavy atom. The Kier molecular flexibility index (Phi) is 4.40. The Morgan fingerprint density at radius 2 is 2.00 bits per heavy atom. The van der Waals surface area contributed by atoms with Gasteiger partial charge < -0.3 is 10.6 Å². The molecule has 0 radical (unpaired) electrons. The molecule has 0 bridgehead atoms. The third-order valence-electron chi connectivity index (χ3n) is 3.36. The average molecular weight is 276 g/mol. The van der Waals surface area contributed by atoms with Crippen LogP contribution in [0.3, 0.4) is 0 Å². The van der Waals surface area contributed by atoms with Gasteiger partial charge in [-0.05, 0) is 24.6 Å². The average Bonchev–Trinajstić information content (AvgIpc) is 2.46. The highest BCUT2D eigenvalue weighted by atomic mass is 35.5. The van der Waals surface area contributed by atoms with Gasteiger partial charge in [0.1, 0.15) is 5.82 Å². The molecular weight excluding hydrogens is 258 g/mol. The first-order valence-electron chi connectivity index (χ1n) is 6.26. The van der Waals surface area contributed by atoms with Gasteiger partial charge in [-0.1, -0.05) is 35.9 Å². The molecule has 2 rings (SSSR count). The van der Waals surface area contributed by atoms with Crippen molar-refractivity contribution in [3.05, 3.63) is 58.7 Å². The van der Waals surface area contributed by atoms with Gasteiger partial charge in [0.15, 0.2) is 0 Å². The predicted molar refractivity (Wildman–Crippen MR) is 80.4 cm³/mol. The summed E-state index contributed by atoms with van der Waals surface area (Å²) in [7, 11) is 2.01. The molecule has 2 aromatic rings. The fourth-order valence-electron chi connectivity index (χ4n) is 2.11. The minimum atomic E-state index is 0.133. The van der Waals surface area contributed by atoms with Gasteiger partial charge in [-0.3, -0.25) is 0 Å². The Bertz CT molecular complexity index is 557. The van der Waals surface area contributed by atoms with Crippen LogP contribution >= 0.6 is 11.6 Å². The largest absolute Gasteiger partial charge is 0.353 e. The van der Waals surface area contributed by atoms with E-state index in [9.17, 15) is 0 Å². The predicted octanol–water partition coefficient (Wildman–Crippen LogP) is 3.39. The fourth-order valence-corrected chi connectivity index (χ4v) is 2.41. The van der Waals surface area contributed by atoms with E-state index in [2.05, 4.69) is 16.8 Å². The zero-order chi connectivity index (χ0) is 13.8. The lowest BCUT2D eigenvalue weighted by Crippen LogP contribution is -2.24. The number of halogens is 1. The normalized spacial score (nSPS) is 12.2. The number of hydrogen-bond donors (Lipinski definition) is 1. The van der Waals surface area contributed by atoms with E-state index in [1.54, 1.807) is 6.20 Å². The second-order valence-electron chi connectivity index (χ2n) is 4.50. The van der Waals surface area contributed by atoms with Crippen LogP contribution in [-0.2, 0) is 6.54 Å². The summed E-state index contributed by atoms with van der Waals surface area (Å²) in [4.78, 5) is 6.53. The van der Waals surface area contributed by atoms with Crippen molar-refractivity contribution in [2.45, 2.75) is 19.5 Å². The summed E-state index contributed by atoms with van der Waals surface area (Å²) in [6.07, 6.45) is 1.78. The highest BCUT2D eigenvalue weighted by Gasteiger charge is 2.17. The lowest BCUT2D eigenvalue weighted by Gasteiger charge is -2.28. The molecule has 0 aliphatic heterocycles. The highest BCUT2D eigenvalue weighted by Crippen LogP contribution is 2.30. The van der Waals surface area contributed by atoms with Crippen LogP contribution in [0.5, 0.6) is 0 Å². The van der Waals surface area contributed by atoms with Gasteiger partial charge in [-0.15, -0.1) is 0 Å². The van der Waals surface area contributed by atoms with E-state index in [1.807, 2.05) is 43.4 Å². The summed E-state index contributed by atoms with van der Waals surface area (Å²) in [6, 6.07) is 11.9. The molecule has 1 atom stereocenters. The number of hydrogen-bond acceptors (Lipinski definition) is 3. The highest BCUT2D eigenvalue weighted by molar-refractivity contribution is 6.31. The van der Waals surface area contributed by atoms with Crippen LogP contribution in [0.4, 0.5) is 5.82 Å². The van der Waals surface area contributed by atoms with Crippen molar-refractivity contribution in [3.63, 3.8) is 0 Å². The second kappa shape index (κ2) is 6.04. The van der Waals surface area contributed by atoms with Crippen LogP contribution in [0, 0.1) is 0 Å². The van der Waals surface area contributed by atoms with Gasteiger partial charge in [-0.25, -0.2) is 4.98 Å². The summed E-state index contributed by atoms with van der Waals surface area (Å²) in [5.74, 6) is 0.900. The van der Waals surface area contributed by atoms with E-state index < -0.39 is 0 Å². The fraction of sp³-hybridized carbons (Fsp3) is 0.267. The molecule has 0 amide bonds. The van der Waals surface area contributed by atoms with Gasteiger partial charge >= 0.3 is 0 Å². The summed E-state index contributed by atoms with van der Waals surface area (Å²) in [5.41, 5.74) is 7.88. The van der Waals surface area contributed by atoms with Crippen molar-refractivity contribution in [3.8, 4) is 0 Å². The van der Waals surface area contributed by atoms with Crippen LogP contribution < -0.4 is 10.6 Å². The molecule has 100 valence electrons. The molecule has 1 aromatic heterocycles. The summed E-state index contributed by atoms with van der Waals surface area (Å²) in [5, 5.41) is 0.770. The summed E-state index contributed by atoms with van der Waals surface area (Å²) < 4.78 is 0. The minimum Gasteiger partial charge on any atom is -0.353 e. The third kappa shape index (κ3) is 2.88. The quantitative estimate of drug-likeness (QED) is 0.930. The molecule has 0 saturated heterocycles. The first kappa shape index (κ1) is 13.8. The monoisotopic (exact) mass is 275 g/mol. The lowest BCUT2D eigenvalue weighted by molar-refractivity contribution is 0.723. The molecule has 4 heteroatoms.